The zero-order chi connectivity index (χ0) is 36.3. The molecule has 0 spiro atoms. The van der Waals surface area contributed by atoms with Gasteiger partial charge in [0.1, 0.15) is 11.5 Å². The van der Waals surface area contributed by atoms with E-state index in [1.807, 2.05) is 36.4 Å². The molecule has 0 amide bonds. The van der Waals surface area contributed by atoms with Gasteiger partial charge in [-0.1, -0.05) is 56.6 Å². The zero-order valence-corrected chi connectivity index (χ0v) is 28.2. The van der Waals surface area contributed by atoms with Gasteiger partial charge in [-0.05, 0) is 126 Å². The van der Waals surface area contributed by atoms with Crippen molar-refractivity contribution in [2.24, 2.45) is 0 Å². The highest BCUT2D eigenvalue weighted by molar-refractivity contribution is 6.07. The Morgan fingerprint density at radius 3 is 1.64 bits per heavy atom. The number of hydrogen-bond acceptors (Lipinski definition) is 8. The third-order valence-corrected chi connectivity index (χ3v) is 7.53. The first-order chi connectivity index (χ1) is 23.7. The Kier molecular flexibility index (Phi) is 9.94. The van der Waals surface area contributed by atoms with Gasteiger partial charge in [0.2, 0.25) is 0 Å². The van der Waals surface area contributed by atoms with E-state index in [1.54, 1.807) is 62.4 Å². The highest BCUT2D eigenvalue weighted by Gasteiger charge is 2.18. The maximum Gasteiger partial charge on any atom is 0.338 e. The van der Waals surface area contributed by atoms with Gasteiger partial charge in [-0.3, -0.25) is 0 Å². The van der Waals surface area contributed by atoms with Crippen LogP contribution < -0.4 is 18.9 Å². The van der Waals surface area contributed by atoms with Crippen LogP contribution in [0.25, 0.3) is 43.8 Å². The van der Waals surface area contributed by atoms with Crippen LogP contribution in [0.2, 0.25) is 0 Å². The smallest absolute Gasteiger partial charge is 0.338 e. The van der Waals surface area contributed by atoms with Crippen LogP contribution in [0.5, 0.6) is 23.0 Å². The minimum Gasteiger partial charge on any atom is -0.423 e. The van der Waals surface area contributed by atoms with Gasteiger partial charge in [-0.2, -0.15) is 0 Å². The molecule has 0 unspecified atom stereocenters. The molecule has 0 radical (unpaired) electrons. The largest absolute Gasteiger partial charge is 0.423 e. The van der Waals surface area contributed by atoms with E-state index < -0.39 is 23.9 Å². The molecule has 5 aromatic carbocycles. The molecule has 250 valence electrons. The maximum absolute atomic E-state index is 12.5. The molecule has 0 N–H and O–H groups in total. The SMILES string of the molecule is C=C(C)C(=O)Oc1cccc(-c2cc(OC(=O)C(=C)C)cc3cc4cc(-c5ccc(OC(=O)C(=C)C)c(OC(=O)C(=C)C)c5)ccc4cc23)c1. The second kappa shape index (κ2) is 14.3. The Balaban J connectivity index is 1.63. The third-order valence-electron chi connectivity index (χ3n) is 7.53. The summed E-state index contributed by atoms with van der Waals surface area (Å²) in [6.07, 6.45) is 0. The quantitative estimate of drug-likeness (QED) is 0.0629. The maximum atomic E-state index is 12.5. The first-order valence-electron chi connectivity index (χ1n) is 15.5. The first-order valence-corrected chi connectivity index (χ1v) is 15.5. The monoisotopic (exact) mass is 666 g/mol. The van der Waals surface area contributed by atoms with Crippen molar-refractivity contribution in [2.45, 2.75) is 27.7 Å². The number of fused-ring (bicyclic) bond motifs is 2. The number of carbonyl (C=O) groups is 4. The lowest BCUT2D eigenvalue weighted by atomic mass is 9.93. The van der Waals surface area contributed by atoms with Crippen LogP contribution in [0.3, 0.4) is 0 Å². The molecule has 5 aromatic rings. The summed E-state index contributed by atoms with van der Waals surface area (Å²) in [5, 5.41) is 3.42. The van der Waals surface area contributed by atoms with Gasteiger partial charge in [0.05, 0.1) is 0 Å². The molecule has 0 atom stereocenters. The molecule has 0 aliphatic carbocycles. The summed E-state index contributed by atoms with van der Waals surface area (Å²) in [6, 6.07) is 25.4. The fraction of sp³-hybridized carbons (Fsp3) is 0.0952. The summed E-state index contributed by atoms with van der Waals surface area (Å²) in [7, 11) is 0. The molecule has 0 fully saturated rings. The second-order valence-electron chi connectivity index (χ2n) is 12.0. The van der Waals surface area contributed by atoms with Crippen molar-refractivity contribution in [1.82, 2.24) is 0 Å². The van der Waals surface area contributed by atoms with Crippen LogP contribution in [0.1, 0.15) is 27.7 Å². The number of benzene rings is 5. The van der Waals surface area contributed by atoms with Gasteiger partial charge in [0, 0.05) is 22.3 Å². The highest BCUT2D eigenvalue weighted by Crippen LogP contribution is 2.39. The van der Waals surface area contributed by atoms with Crippen LogP contribution in [0.15, 0.2) is 134 Å². The van der Waals surface area contributed by atoms with Crippen molar-refractivity contribution in [3.05, 3.63) is 134 Å². The number of esters is 4. The molecule has 0 bridgehead atoms. The summed E-state index contributed by atoms with van der Waals surface area (Å²) >= 11 is 0. The molecule has 0 aliphatic rings. The average Bonchev–Trinajstić information content (AvgIpc) is 3.07. The van der Waals surface area contributed by atoms with E-state index >= 15 is 0 Å². The van der Waals surface area contributed by atoms with Crippen molar-refractivity contribution in [1.29, 1.82) is 0 Å². The van der Waals surface area contributed by atoms with Crippen molar-refractivity contribution in [2.75, 3.05) is 0 Å². The van der Waals surface area contributed by atoms with Crippen molar-refractivity contribution in [3.8, 4) is 45.3 Å². The lowest BCUT2D eigenvalue weighted by Crippen LogP contribution is -2.12. The lowest BCUT2D eigenvalue weighted by molar-refractivity contribution is -0.132. The Hall–Kier alpha value is -6.54. The van der Waals surface area contributed by atoms with Crippen molar-refractivity contribution < 1.29 is 38.1 Å². The third kappa shape index (κ3) is 7.77. The zero-order valence-electron chi connectivity index (χ0n) is 28.2. The Bertz CT molecular complexity index is 2310. The Labute approximate surface area is 289 Å². The van der Waals surface area contributed by atoms with Crippen molar-refractivity contribution >= 4 is 45.4 Å². The van der Waals surface area contributed by atoms with Gasteiger partial charge in [-0.15, -0.1) is 0 Å². The minimum atomic E-state index is -0.668. The van der Waals surface area contributed by atoms with E-state index in [0.717, 1.165) is 38.2 Å². The molecular formula is C42H34O8. The van der Waals surface area contributed by atoms with Gasteiger partial charge < -0.3 is 18.9 Å². The first kappa shape index (κ1) is 34.8. The molecule has 0 saturated carbocycles. The molecule has 0 saturated heterocycles. The van der Waals surface area contributed by atoms with E-state index in [1.165, 1.54) is 13.8 Å². The van der Waals surface area contributed by atoms with Crippen LogP contribution in [0, 0.1) is 0 Å². The second-order valence-corrected chi connectivity index (χ2v) is 12.0. The topological polar surface area (TPSA) is 105 Å². The summed E-state index contributed by atoms with van der Waals surface area (Å²) < 4.78 is 22.1. The number of hydrogen-bond donors (Lipinski definition) is 0. The number of rotatable bonds is 10. The molecule has 0 aromatic heterocycles. The molecular weight excluding hydrogens is 632 g/mol. The predicted molar refractivity (Wildman–Crippen MR) is 194 cm³/mol. The predicted octanol–water partition coefficient (Wildman–Crippen LogP) is 9.25. The lowest BCUT2D eigenvalue weighted by Gasteiger charge is -2.15. The van der Waals surface area contributed by atoms with Crippen LogP contribution in [-0.2, 0) is 19.2 Å². The summed E-state index contributed by atoms with van der Waals surface area (Å²) in [6.45, 7) is 20.8. The summed E-state index contributed by atoms with van der Waals surface area (Å²) in [5.41, 5.74) is 3.84. The average molecular weight is 667 g/mol. The number of carbonyl (C=O) groups excluding carboxylic acids is 4. The molecule has 0 aliphatic heterocycles. The fourth-order valence-electron chi connectivity index (χ4n) is 4.90. The van der Waals surface area contributed by atoms with Crippen molar-refractivity contribution in [3.63, 3.8) is 0 Å². The number of ether oxygens (including phenoxy) is 4. The molecule has 0 heterocycles. The molecule has 8 heteroatoms. The van der Waals surface area contributed by atoms with E-state index in [-0.39, 0.29) is 33.8 Å². The van der Waals surface area contributed by atoms with Gasteiger partial charge in [0.25, 0.3) is 0 Å². The minimum absolute atomic E-state index is 0.0495. The summed E-state index contributed by atoms with van der Waals surface area (Å²) in [4.78, 5) is 49.5. The van der Waals surface area contributed by atoms with Crippen LogP contribution in [0.4, 0.5) is 0 Å². The molecule has 50 heavy (non-hydrogen) atoms. The Morgan fingerprint density at radius 2 is 1.00 bits per heavy atom. The highest BCUT2D eigenvalue weighted by atomic mass is 16.6. The molecule has 5 rings (SSSR count). The van der Waals surface area contributed by atoms with E-state index in [0.29, 0.717) is 17.1 Å². The van der Waals surface area contributed by atoms with Crippen LogP contribution in [-0.4, -0.2) is 23.9 Å². The molecule has 8 nitrogen and oxygen atoms in total. The van der Waals surface area contributed by atoms with E-state index in [4.69, 9.17) is 18.9 Å². The van der Waals surface area contributed by atoms with E-state index in [2.05, 4.69) is 26.3 Å². The van der Waals surface area contributed by atoms with Gasteiger partial charge >= 0.3 is 23.9 Å². The van der Waals surface area contributed by atoms with Crippen LogP contribution >= 0.6 is 0 Å². The fourth-order valence-corrected chi connectivity index (χ4v) is 4.90. The standard InChI is InChI=1S/C42H34O8/c1-23(2)39(43)47-33-11-9-10-30(18-33)36-22-34(48-40(44)24(3)4)19-32-17-31-16-27(12-13-28(31)20-35(32)36)29-14-15-37(49-41(45)25(5)6)38(21-29)50-42(46)26(7)8/h9-22H,1,3,5,7H2,2,4,6,8H3. The van der Waals surface area contributed by atoms with Gasteiger partial charge in [-0.25, -0.2) is 19.2 Å². The normalized spacial score (nSPS) is 10.6. The van der Waals surface area contributed by atoms with E-state index in [9.17, 15) is 19.2 Å². The van der Waals surface area contributed by atoms with Gasteiger partial charge in [0.15, 0.2) is 11.5 Å². The Morgan fingerprint density at radius 1 is 0.440 bits per heavy atom. The summed E-state index contributed by atoms with van der Waals surface area (Å²) in [5.74, 6) is -1.67.